The Morgan fingerprint density at radius 2 is 2.26 bits per heavy atom. The Labute approximate surface area is 115 Å². The van der Waals surface area contributed by atoms with Crippen molar-refractivity contribution in [3.8, 4) is 0 Å². The molecule has 0 unspecified atom stereocenters. The van der Waals surface area contributed by atoms with Crippen molar-refractivity contribution in [2.24, 2.45) is 5.41 Å². The second-order valence-electron chi connectivity index (χ2n) is 4.85. The number of hydrogen-bond donors (Lipinski definition) is 0. The average molecular weight is 282 g/mol. The summed E-state index contributed by atoms with van der Waals surface area (Å²) in [5.74, 6) is 0.0951. The number of ether oxygens (including phenoxy) is 1. The highest BCUT2D eigenvalue weighted by molar-refractivity contribution is 7.99. The fourth-order valence-corrected chi connectivity index (χ4v) is 3.08. The highest BCUT2D eigenvalue weighted by atomic mass is 32.2. The molecule has 2 rings (SSSR count). The molecule has 0 bridgehead atoms. The summed E-state index contributed by atoms with van der Waals surface area (Å²) in [6, 6.07) is 4.44. The molecule has 1 aromatic rings. The van der Waals surface area contributed by atoms with Crippen LogP contribution < -0.4 is 0 Å². The van der Waals surface area contributed by atoms with Gasteiger partial charge in [0.2, 0.25) is 0 Å². The van der Waals surface area contributed by atoms with E-state index in [1.54, 1.807) is 12.1 Å². The van der Waals surface area contributed by atoms with Gasteiger partial charge in [-0.25, -0.2) is 4.39 Å². The molecular formula is C14H15FO3S. The third kappa shape index (κ3) is 3.56. The van der Waals surface area contributed by atoms with E-state index in [2.05, 4.69) is 4.74 Å². The maximum absolute atomic E-state index is 13.7. The average Bonchev–Trinajstić information content (AvgIpc) is 3.17. The lowest BCUT2D eigenvalue weighted by Crippen LogP contribution is -2.13. The van der Waals surface area contributed by atoms with E-state index in [0.717, 1.165) is 12.8 Å². The number of aldehydes is 1. The number of esters is 1. The van der Waals surface area contributed by atoms with Crippen LogP contribution in [0.2, 0.25) is 0 Å². The first-order chi connectivity index (χ1) is 9.08. The molecule has 0 amide bonds. The van der Waals surface area contributed by atoms with Gasteiger partial charge in [-0.05, 0) is 30.4 Å². The Hall–Kier alpha value is -1.36. The number of carbonyl (C=O) groups excluding carboxylic acids is 2. The van der Waals surface area contributed by atoms with E-state index in [1.807, 2.05) is 0 Å². The van der Waals surface area contributed by atoms with Crippen LogP contribution in [-0.2, 0) is 9.53 Å². The molecule has 0 N–H and O–H groups in total. The molecule has 102 valence electrons. The summed E-state index contributed by atoms with van der Waals surface area (Å²) in [7, 11) is 1.38. The predicted octanol–water partition coefficient (Wildman–Crippen LogP) is 3.07. The van der Waals surface area contributed by atoms with Gasteiger partial charge in [-0.3, -0.25) is 9.59 Å². The van der Waals surface area contributed by atoms with Crippen LogP contribution in [0.5, 0.6) is 0 Å². The van der Waals surface area contributed by atoms with Crippen molar-refractivity contribution in [3.63, 3.8) is 0 Å². The molecule has 0 saturated heterocycles. The van der Waals surface area contributed by atoms with E-state index in [0.29, 0.717) is 28.9 Å². The highest BCUT2D eigenvalue weighted by Gasteiger charge is 2.44. The van der Waals surface area contributed by atoms with E-state index in [1.165, 1.54) is 24.9 Å². The summed E-state index contributed by atoms with van der Waals surface area (Å²) in [4.78, 5) is 22.3. The largest absolute Gasteiger partial charge is 0.469 e. The number of methoxy groups -OCH3 is 1. The lowest BCUT2D eigenvalue weighted by molar-refractivity contribution is -0.141. The van der Waals surface area contributed by atoms with Crippen molar-refractivity contribution in [2.75, 3.05) is 12.9 Å². The monoisotopic (exact) mass is 282 g/mol. The molecule has 0 heterocycles. The topological polar surface area (TPSA) is 43.4 Å². The second kappa shape index (κ2) is 5.74. The molecule has 1 fully saturated rings. The number of rotatable bonds is 6. The Balaban J connectivity index is 1.95. The highest BCUT2D eigenvalue weighted by Crippen LogP contribution is 2.52. The molecule has 1 saturated carbocycles. The van der Waals surface area contributed by atoms with Crippen LogP contribution in [0.1, 0.15) is 29.6 Å². The molecule has 1 aromatic carbocycles. The minimum atomic E-state index is -0.386. The maximum Gasteiger partial charge on any atom is 0.306 e. The molecule has 0 spiro atoms. The first-order valence-corrected chi connectivity index (χ1v) is 7.01. The van der Waals surface area contributed by atoms with Crippen LogP contribution in [0.3, 0.4) is 0 Å². The van der Waals surface area contributed by atoms with Gasteiger partial charge in [-0.2, -0.15) is 0 Å². The van der Waals surface area contributed by atoms with E-state index < -0.39 is 0 Å². The van der Waals surface area contributed by atoms with Gasteiger partial charge in [0.25, 0.3) is 0 Å². The van der Waals surface area contributed by atoms with Gasteiger partial charge in [0.1, 0.15) is 12.1 Å². The van der Waals surface area contributed by atoms with E-state index >= 15 is 0 Å². The molecule has 1 aliphatic rings. The Bertz CT molecular complexity index is 497. The Morgan fingerprint density at radius 1 is 1.53 bits per heavy atom. The van der Waals surface area contributed by atoms with Crippen molar-refractivity contribution in [1.82, 2.24) is 0 Å². The quantitative estimate of drug-likeness (QED) is 0.457. The minimum absolute atomic E-state index is 0.0342. The zero-order valence-corrected chi connectivity index (χ0v) is 11.5. The van der Waals surface area contributed by atoms with Gasteiger partial charge < -0.3 is 4.74 Å². The van der Waals surface area contributed by atoms with Crippen molar-refractivity contribution < 1.29 is 18.7 Å². The Morgan fingerprint density at radius 3 is 2.79 bits per heavy atom. The summed E-state index contributed by atoms with van der Waals surface area (Å²) in [5.41, 5.74) is 0.297. The zero-order chi connectivity index (χ0) is 13.9. The standard InChI is InChI=1S/C14H15FO3S/c1-18-13(17)7-14(4-5-14)9-19-12-3-2-10(8-16)6-11(12)15/h2-3,6,8H,4-5,7,9H2,1H3. The van der Waals surface area contributed by atoms with Crippen LogP contribution in [0, 0.1) is 11.2 Å². The first kappa shape index (κ1) is 14.1. The third-order valence-corrected chi connectivity index (χ3v) is 4.73. The molecule has 0 aliphatic heterocycles. The zero-order valence-electron chi connectivity index (χ0n) is 10.6. The summed E-state index contributed by atoms with van der Waals surface area (Å²) in [5, 5.41) is 0. The molecular weight excluding hydrogens is 267 g/mol. The van der Waals surface area contributed by atoms with Crippen LogP contribution >= 0.6 is 11.8 Å². The van der Waals surface area contributed by atoms with Crippen LogP contribution in [0.4, 0.5) is 4.39 Å². The summed E-state index contributed by atoms with van der Waals surface area (Å²) < 4.78 is 18.4. The molecule has 0 aromatic heterocycles. The van der Waals surface area contributed by atoms with E-state index in [4.69, 9.17) is 0 Å². The smallest absolute Gasteiger partial charge is 0.306 e. The number of carbonyl (C=O) groups is 2. The summed E-state index contributed by atoms with van der Waals surface area (Å²) in [6.45, 7) is 0. The number of hydrogen-bond acceptors (Lipinski definition) is 4. The third-order valence-electron chi connectivity index (χ3n) is 3.33. The fraction of sp³-hybridized carbons (Fsp3) is 0.429. The van der Waals surface area contributed by atoms with E-state index in [9.17, 15) is 14.0 Å². The molecule has 0 atom stereocenters. The molecule has 19 heavy (non-hydrogen) atoms. The van der Waals surface area contributed by atoms with Crippen molar-refractivity contribution in [2.45, 2.75) is 24.2 Å². The van der Waals surface area contributed by atoms with Gasteiger partial charge in [-0.1, -0.05) is 6.07 Å². The van der Waals surface area contributed by atoms with Crippen LogP contribution in [0.15, 0.2) is 23.1 Å². The molecule has 5 heteroatoms. The minimum Gasteiger partial charge on any atom is -0.469 e. The number of benzene rings is 1. The molecule has 1 aliphatic carbocycles. The number of thioether (sulfide) groups is 1. The number of halogens is 1. The predicted molar refractivity (Wildman–Crippen MR) is 70.8 cm³/mol. The van der Waals surface area contributed by atoms with Crippen LogP contribution in [-0.4, -0.2) is 25.1 Å². The Kier molecular flexibility index (Phi) is 4.24. The maximum atomic E-state index is 13.7. The SMILES string of the molecule is COC(=O)CC1(CSc2ccc(C=O)cc2F)CC1. The lowest BCUT2D eigenvalue weighted by atomic mass is 10.1. The summed E-state index contributed by atoms with van der Waals surface area (Å²) in [6.07, 6.45) is 2.97. The van der Waals surface area contributed by atoms with Gasteiger partial charge >= 0.3 is 5.97 Å². The molecule has 3 nitrogen and oxygen atoms in total. The van der Waals surface area contributed by atoms with Crippen molar-refractivity contribution in [1.29, 1.82) is 0 Å². The van der Waals surface area contributed by atoms with E-state index in [-0.39, 0.29) is 17.2 Å². The second-order valence-corrected chi connectivity index (χ2v) is 5.87. The van der Waals surface area contributed by atoms with Gasteiger partial charge in [0, 0.05) is 16.2 Å². The summed E-state index contributed by atoms with van der Waals surface area (Å²) >= 11 is 1.39. The van der Waals surface area contributed by atoms with Crippen molar-refractivity contribution >= 4 is 24.0 Å². The van der Waals surface area contributed by atoms with Crippen molar-refractivity contribution in [3.05, 3.63) is 29.6 Å². The lowest BCUT2D eigenvalue weighted by Gasteiger charge is -2.13. The van der Waals surface area contributed by atoms with Gasteiger partial charge in [0.15, 0.2) is 0 Å². The van der Waals surface area contributed by atoms with Crippen LogP contribution in [0.25, 0.3) is 0 Å². The van der Waals surface area contributed by atoms with Gasteiger partial charge in [0.05, 0.1) is 13.5 Å². The fourth-order valence-electron chi connectivity index (χ4n) is 1.87. The van der Waals surface area contributed by atoms with Gasteiger partial charge in [-0.15, -0.1) is 11.8 Å². The molecule has 0 radical (unpaired) electrons. The normalized spacial score (nSPS) is 15.9. The first-order valence-electron chi connectivity index (χ1n) is 6.03.